The highest BCUT2D eigenvalue weighted by atomic mass is 32.2. The second-order valence-corrected chi connectivity index (χ2v) is 12.1. The van der Waals surface area contributed by atoms with Crippen molar-refractivity contribution in [3.05, 3.63) is 157 Å². The van der Waals surface area contributed by atoms with Gasteiger partial charge in [0.1, 0.15) is 17.2 Å². The molecule has 0 bridgehead atoms. The molecule has 47 heavy (non-hydrogen) atoms. The van der Waals surface area contributed by atoms with Gasteiger partial charge in [-0.3, -0.25) is 14.4 Å². The Kier molecular flexibility index (Phi) is 9.60. The fraction of sp³-hybridized carbons (Fsp3) is 0.0513. The molecule has 1 aromatic heterocycles. The summed E-state index contributed by atoms with van der Waals surface area (Å²) < 4.78 is 5.98. The standard InChI is InChI=1S/C39H31N3O4S/c1-26(37(43)41-34-18-10-16-27-11-8-9-17-33(27)34)47-32-22-19-30(20-23-32)40-39(45)35(42-38(44)29-14-6-3-7-15-29)25-31-21-24-36(46-31)28-12-4-2-5-13-28/h2-26H,1H3,(H,40,45)(H,41,43)(H,42,44)/b35-25+/t26-/m1/s1. The number of furan rings is 1. The summed E-state index contributed by atoms with van der Waals surface area (Å²) in [4.78, 5) is 40.4. The summed E-state index contributed by atoms with van der Waals surface area (Å²) in [7, 11) is 0. The molecular weight excluding hydrogens is 607 g/mol. The van der Waals surface area contributed by atoms with Gasteiger partial charge < -0.3 is 20.4 Å². The number of amides is 3. The number of fused-ring (bicyclic) bond motifs is 1. The maximum Gasteiger partial charge on any atom is 0.272 e. The van der Waals surface area contributed by atoms with Crippen molar-refractivity contribution < 1.29 is 18.8 Å². The highest BCUT2D eigenvalue weighted by molar-refractivity contribution is 8.00. The molecule has 0 saturated carbocycles. The molecule has 0 aliphatic rings. The van der Waals surface area contributed by atoms with E-state index in [1.165, 1.54) is 17.8 Å². The van der Waals surface area contributed by atoms with Crippen LogP contribution in [-0.4, -0.2) is 23.0 Å². The van der Waals surface area contributed by atoms with E-state index in [-0.39, 0.29) is 16.9 Å². The first-order valence-electron chi connectivity index (χ1n) is 15.0. The van der Waals surface area contributed by atoms with Gasteiger partial charge in [0.2, 0.25) is 5.91 Å². The van der Waals surface area contributed by atoms with Gasteiger partial charge in [-0.15, -0.1) is 11.8 Å². The third kappa shape index (κ3) is 7.87. The van der Waals surface area contributed by atoms with Gasteiger partial charge >= 0.3 is 0 Å². The normalized spacial score (nSPS) is 11.9. The minimum Gasteiger partial charge on any atom is -0.457 e. The lowest BCUT2D eigenvalue weighted by molar-refractivity contribution is -0.115. The largest absolute Gasteiger partial charge is 0.457 e. The van der Waals surface area contributed by atoms with Crippen molar-refractivity contribution in [3.63, 3.8) is 0 Å². The average molecular weight is 638 g/mol. The van der Waals surface area contributed by atoms with Crippen LogP contribution in [0.3, 0.4) is 0 Å². The lowest BCUT2D eigenvalue weighted by Crippen LogP contribution is -2.30. The fourth-order valence-corrected chi connectivity index (χ4v) is 5.78. The molecule has 6 rings (SSSR count). The number of carbonyl (C=O) groups is 3. The van der Waals surface area contributed by atoms with Crippen molar-refractivity contribution in [1.82, 2.24) is 5.32 Å². The second kappa shape index (κ2) is 14.5. The SMILES string of the molecule is C[C@@H](Sc1ccc(NC(=O)/C(=C\c2ccc(-c3ccccc3)o2)NC(=O)c2ccccc2)cc1)C(=O)Nc1cccc2ccccc12. The molecule has 0 unspecified atom stereocenters. The van der Waals surface area contributed by atoms with Crippen LogP contribution in [0.4, 0.5) is 11.4 Å². The van der Waals surface area contributed by atoms with Crippen molar-refractivity contribution in [2.24, 2.45) is 0 Å². The predicted octanol–water partition coefficient (Wildman–Crippen LogP) is 8.63. The van der Waals surface area contributed by atoms with E-state index in [1.807, 2.05) is 104 Å². The van der Waals surface area contributed by atoms with Crippen molar-refractivity contribution in [1.29, 1.82) is 0 Å². The van der Waals surface area contributed by atoms with Crippen LogP contribution in [0.2, 0.25) is 0 Å². The van der Waals surface area contributed by atoms with Crippen LogP contribution >= 0.6 is 11.8 Å². The molecule has 0 saturated heterocycles. The molecule has 0 aliphatic carbocycles. The number of rotatable bonds is 10. The maximum atomic E-state index is 13.5. The number of carbonyl (C=O) groups excluding carboxylic acids is 3. The molecule has 1 heterocycles. The molecule has 0 spiro atoms. The molecule has 232 valence electrons. The number of thioether (sulfide) groups is 1. The van der Waals surface area contributed by atoms with Crippen LogP contribution in [0.15, 0.2) is 155 Å². The van der Waals surface area contributed by atoms with E-state index < -0.39 is 11.8 Å². The first-order valence-corrected chi connectivity index (χ1v) is 15.9. The first kappa shape index (κ1) is 31.1. The van der Waals surface area contributed by atoms with E-state index in [2.05, 4.69) is 16.0 Å². The fourth-order valence-electron chi connectivity index (χ4n) is 4.91. The summed E-state index contributed by atoms with van der Waals surface area (Å²) >= 11 is 1.41. The van der Waals surface area contributed by atoms with Crippen molar-refractivity contribution in [2.45, 2.75) is 17.1 Å². The van der Waals surface area contributed by atoms with Gasteiger partial charge in [0.25, 0.3) is 11.8 Å². The molecule has 0 aliphatic heterocycles. The molecule has 7 nitrogen and oxygen atoms in total. The lowest BCUT2D eigenvalue weighted by atomic mass is 10.1. The van der Waals surface area contributed by atoms with Gasteiger partial charge in [-0.25, -0.2) is 0 Å². The quantitative estimate of drug-likeness (QED) is 0.103. The summed E-state index contributed by atoms with van der Waals surface area (Å²) in [5, 5.41) is 10.3. The number of benzene rings is 5. The van der Waals surface area contributed by atoms with Crippen LogP contribution in [0.25, 0.3) is 28.2 Å². The van der Waals surface area contributed by atoms with E-state index in [0.29, 0.717) is 22.8 Å². The van der Waals surface area contributed by atoms with E-state index in [0.717, 1.165) is 26.9 Å². The number of hydrogen-bond acceptors (Lipinski definition) is 5. The molecular formula is C39H31N3O4S. The van der Waals surface area contributed by atoms with Crippen LogP contribution in [0, 0.1) is 0 Å². The predicted molar refractivity (Wildman–Crippen MR) is 189 cm³/mol. The minimum atomic E-state index is -0.518. The number of nitrogens with one attached hydrogen (secondary N) is 3. The summed E-state index contributed by atoms with van der Waals surface area (Å²) in [6.07, 6.45) is 1.50. The Morgan fingerprint density at radius 1 is 0.702 bits per heavy atom. The summed E-state index contributed by atoms with van der Waals surface area (Å²) in [5.41, 5.74) is 2.62. The topological polar surface area (TPSA) is 100 Å². The Morgan fingerprint density at radius 2 is 1.38 bits per heavy atom. The molecule has 8 heteroatoms. The van der Waals surface area contributed by atoms with Crippen LogP contribution < -0.4 is 16.0 Å². The molecule has 5 aromatic carbocycles. The Balaban J connectivity index is 1.14. The molecule has 1 atom stereocenters. The zero-order valence-corrected chi connectivity index (χ0v) is 26.3. The van der Waals surface area contributed by atoms with Gasteiger partial charge in [-0.1, -0.05) is 84.9 Å². The monoisotopic (exact) mass is 637 g/mol. The van der Waals surface area contributed by atoms with Gasteiger partial charge in [-0.05, 0) is 66.9 Å². The Bertz CT molecular complexity index is 2050. The summed E-state index contributed by atoms with van der Waals surface area (Å²) in [6.45, 7) is 1.85. The highest BCUT2D eigenvalue weighted by Gasteiger charge is 2.18. The molecule has 0 fully saturated rings. The molecule has 3 amide bonds. The minimum absolute atomic E-state index is 0.0185. The van der Waals surface area contributed by atoms with Crippen molar-refractivity contribution >= 4 is 57.7 Å². The zero-order valence-electron chi connectivity index (χ0n) is 25.5. The van der Waals surface area contributed by atoms with Crippen LogP contribution in [-0.2, 0) is 9.59 Å². The van der Waals surface area contributed by atoms with Gasteiger partial charge in [0.15, 0.2) is 0 Å². The Labute approximate surface area is 276 Å². The average Bonchev–Trinajstić information content (AvgIpc) is 3.58. The van der Waals surface area contributed by atoms with E-state index in [9.17, 15) is 14.4 Å². The summed E-state index contributed by atoms with van der Waals surface area (Å²) in [5.74, 6) is -0.00969. The van der Waals surface area contributed by atoms with Crippen molar-refractivity contribution in [3.8, 4) is 11.3 Å². The van der Waals surface area contributed by atoms with E-state index >= 15 is 0 Å². The first-order chi connectivity index (χ1) is 22.9. The maximum absolute atomic E-state index is 13.5. The second-order valence-electron chi connectivity index (χ2n) is 10.7. The molecule has 0 radical (unpaired) electrons. The Morgan fingerprint density at radius 3 is 2.15 bits per heavy atom. The third-order valence-electron chi connectivity index (χ3n) is 7.34. The smallest absolute Gasteiger partial charge is 0.272 e. The van der Waals surface area contributed by atoms with E-state index in [4.69, 9.17) is 4.42 Å². The molecule has 3 N–H and O–H groups in total. The van der Waals surface area contributed by atoms with E-state index in [1.54, 1.807) is 42.5 Å². The summed E-state index contributed by atoms with van der Waals surface area (Å²) in [6, 6.07) is 42.8. The van der Waals surface area contributed by atoms with Crippen LogP contribution in [0.5, 0.6) is 0 Å². The van der Waals surface area contributed by atoms with Crippen molar-refractivity contribution in [2.75, 3.05) is 10.6 Å². The lowest BCUT2D eigenvalue weighted by Gasteiger charge is -2.14. The number of hydrogen-bond donors (Lipinski definition) is 3. The molecule has 6 aromatic rings. The number of anilines is 2. The van der Waals surface area contributed by atoms with Crippen LogP contribution in [0.1, 0.15) is 23.0 Å². The third-order valence-corrected chi connectivity index (χ3v) is 8.45. The van der Waals surface area contributed by atoms with Gasteiger partial charge in [0.05, 0.1) is 5.25 Å². The highest BCUT2D eigenvalue weighted by Crippen LogP contribution is 2.28. The van der Waals surface area contributed by atoms with Gasteiger partial charge in [-0.2, -0.15) is 0 Å². The van der Waals surface area contributed by atoms with Gasteiger partial charge in [0, 0.05) is 38.9 Å². The zero-order chi connectivity index (χ0) is 32.6. The Hall–Kier alpha value is -5.86.